The van der Waals surface area contributed by atoms with Gasteiger partial charge in [0.05, 0.1) is 0 Å². The number of rotatable bonds is 1. The highest BCUT2D eigenvalue weighted by Gasteiger charge is 2.46. The van der Waals surface area contributed by atoms with Gasteiger partial charge < -0.3 is 5.11 Å². The quantitative estimate of drug-likeness (QED) is 0.685. The normalized spacial score (nSPS) is 34.2. The summed E-state index contributed by atoms with van der Waals surface area (Å²) in [6, 6.07) is 3.90. The van der Waals surface area contributed by atoms with E-state index in [9.17, 15) is 5.11 Å². The Labute approximate surface area is 136 Å². The second-order valence-corrected chi connectivity index (χ2v) is 9.01. The van der Waals surface area contributed by atoms with Crippen molar-refractivity contribution >= 4 is 0 Å². The van der Waals surface area contributed by atoms with Gasteiger partial charge in [0.25, 0.3) is 0 Å². The van der Waals surface area contributed by atoms with Gasteiger partial charge in [-0.2, -0.15) is 0 Å². The summed E-state index contributed by atoms with van der Waals surface area (Å²) in [5, 5.41) is 9.86. The van der Waals surface area contributed by atoms with E-state index < -0.39 is 0 Å². The number of aryl methyl sites for hydroxylation is 2. The van der Waals surface area contributed by atoms with Gasteiger partial charge in [0, 0.05) is 0 Å². The predicted molar refractivity (Wildman–Crippen MR) is 93.4 cm³/mol. The van der Waals surface area contributed by atoms with Gasteiger partial charge in [-0.15, -0.1) is 0 Å². The lowest BCUT2D eigenvalue weighted by molar-refractivity contribution is 0.0138. The molecule has 1 nitrogen and oxygen atoms in total. The summed E-state index contributed by atoms with van der Waals surface area (Å²) in [4.78, 5) is 0. The number of phenolic OH excluding ortho intramolecular Hbond substituents is 1. The molecule has 0 heterocycles. The first-order valence-corrected chi connectivity index (χ1v) is 9.04. The van der Waals surface area contributed by atoms with E-state index in [1.54, 1.807) is 0 Å². The number of aromatic hydroxyl groups is 1. The molecule has 2 aliphatic carbocycles. The number of hydrogen-bond donors (Lipinski definition) is 1. The van der Waals surface area contributed by atoms with Crippen molar-refractivity contribution in [3.8, 4) is 5.75 Å². The van der Waals surface area contributed by atoms with Gasteiger partial charge in [0.15, 0.2) is 0 Å². The van der Waals surface area contributed by atoms with Gasteiger partial charge in [-0.1, -0.05) is 33.6 Å². The molecule has 2 unspecified atom stereocenters. The van der Waals surface area contributed by atoms with Crippen LogP contribution in [0.2, 0.25) is 0 Å². The highest BCUT2D eigenvalue weighted by atomic mass is 16.3. The lowest BCUT2D eigenvalue weighted by Crippen LogP contribution is -2.43. The van der Waals surface area contributed by atoms with Crippen molar-refractivity contribution in [1.29, 1.82) is 0 Å². The van der Waals surface area contributed by atoms with E-state index >= 15 is 0 Å². The fourth-order valence-corrected chi connectivity index (χ4v) is 5.99. The zero-order valence-corrected chi connectivity index (χ0v) is 15.0. The van der Waals surface area contributed by atoms with Crippen LogP contribution in [-0.2, 0) is 5.41 Å². The molecular formula is C21H32O. The highest BCUT2D eigenvalue weighted by Crippen LogP contribution is 2.56. The molecular weight excluding hydrogens is 268 g/mol. The SMILES string of the molecule is Cc1cc(O)cc(C)c1[C@@]1(C)CCC2C(CCCC2(C)C)C1. The molecule has 0 aliphatic heterocycles. The van der Waals surface area contributed by atoms with Crippen molar-refractivity contribution < 1.29 is 5.11 Å². The molecule has 0 saturated heterocycles. The van der Waals surface area contributed by atoms with Gasteiger partial charge in [-0.25, -0.2) is 0 Å². The number of fused-ring (bicyclic) bond motifs is 1. The maximum atomic E-state index is 9.86. The lowest BCUT2D eigenvalue weighted by Gasteiger charge is -2.52. The average molecular weight is 300 g/mol. The van der Waals surface area contributed by atoms with Crippen LogP contribution in [0.5, 0.6) is 5.75 Å². The molecule has 0 spiro atoms. The molecule has 122 valence electrons. The Kier molecular flexibility index (Phi) is 3.82. The topological polar surface area (TPSA) is 20.2 Å². The Morgan fingerprint density at radius 3 is 2.27 bits per heavy atom. The van der Waals surface area contributed by atoms with Crippen molar-refractivity contribution in [2.75, 3.05) is 0 Å². The molecule has 2 aliphatic rings. The fourth-order valence-electron chi connectivity index (χ4n) is 5.99. The van der Waals surface area contributed by atoms with Gasteiger partial charge in [-0.05, 0) is 91.0 Å². The average Bonchev–Trinajstić information content (AvgIpc) is 2.35. The minimum absolute atomic E-state index is 0.288. The Morgan fingerprint density at radius 2 is 1.64 bits per heavy atom. The maximum absolute atomic E-state index is 9.86. The summed E-state index contributed by atoms with van der Waals surface area (Å²) in [7, 11) is 0. The summed E-state index contributed by atoms with van der Waals surface area (Å²) in [6.07, 6.45) is 8.21. The third-order valence-electron chi connectivity index (χ3n) is 6.81. The van der Waals surface area contributed by atoms with Crippen molar-refractivity contribution in [3.63, 3.8) is 0 Å². The minimum Gasteiger partial charge on any atom is -0.508 e. The molecule has 1 N–H and O–H groups in total. The molecule has 0 aromatic heterocycles. The van der Waals surface area contributed by atoms with E-state index in [1.807, 2.05) is 12.1 Å². The Bertz CT molecular complexity index is 548. The van der Waals surface area contributed by atoms with Crippen molar-refractivity contribution in [3.05, 3.63) is 28.8 Å². The second kappa shape index (κ2) is 5.28. The molecule has 0 amide bonds. The van der Waals surface area contributed by atoms with E-state index in [0.29, 0.717) is 11.2 Å². The molecule has 1 heteroatoms. The Morgan fingerprint density at radius 1 is 1.00 bits per heavy atom. The monoisotopic (exact) mass is 300 g/mol. The van der Waals surface area contributed by atoms with Crippen LogP contribution in [-0.4, -0.2) is 5.11 Å². The molecule has 0 bridgehead atoms. The van der Waals surface area contributed by atoms with Crippen LogP contribution in [0.4, 0.5) is 0 Å². The lowest BCUT2D eigenvalue weighted by atomic mass is 9.53. The maximum Gasteiger partial charge on any atom is 0.116 e. The molecule has 0 radical (unpaired) electrons. The standard InChI is InChI=1S/C21H32O/c1-14-11-17(22)12-15(2)19(14)21(5)10-8-18-16(13-21)7-6-9-20(18,3)4/h11-12,16,18,22H,6-10,13H2,1-5H3/t16?,18?,21-/m0/s1. The van der Waals surface area contributed by atoms with Crippen molar-refractivity contribution in [1.82, 2.24) is 0 Å². The van der Waals surface area contributed by atoms with Crippen LogP contribution in [0.1, 0.15) is 76.0 Å². The van der Waals surface area contributed by atoms with Crippen LogP contribution in [0, 0.1) is 31.1 Å². The summed E-state index contributed by atoms with van der Waals surface area (Å²) in [5.74, 6) is 2.21. The number of benzene rings is 1. The fraction of sp³-hybridized carbons (Fsp3) is 0.714. The smallest absolute Gasteiger partial charge is 0.116 e. The summed E-state index contributed by atoms with van der Waals surface area (Å²) < 4.78 is 0. The van der Waals surface area contributed by atoms with Crippen molar-refractivity contribution in [2.24, 2.45) is 17.3 Å². The molecule has 1 aromatic carbocycles. The Balaban J connectivity index is 1.93. The summed E-state index contributed by atoms with van der Waals surface area (Å²) in [6.45, 7) is 11.8. The highest BCUT2D eigenvalue weighted by molar-refractivity contribution is 5.45. The van der Waals surface area contributed by atoms with E-state index in [0.717, 1.165) is 11.8 Å². The van der Waals surface area contributed by atoms with Crippen LogP contribution in [0.3, 0.4) is 0 Å². The molecule has 1 aromatic rings. The van der Waals surface area contributed by atoms with E-state index in [-0.39, 0.29) is 5.41 Å². The van der Waals surface area contributed by atoms with Gasteiger partial charge in [0.2, 0.25) is 0 Å². The largest absolute Gasteiger partial charge is 0.508 e. The molecule has 2 fully saturated rings. The van der Waals surface area contributed by atoms with Crippen LogP contribution in [0.15, 0.2) is 12.1 Å². The Hall–Kier alpha value is -0.980. The summed E-state index contributed by atoms with van der Waals surface area (Å²) >= 11 is 0. The minimum atomic E-state index is 0.288. The molecule has 2 saturated carbocycles. The van der Waals surface area contributed by atoms with E-state index in [1.165, 1.54) is 55.2 Å². The van der Waals surface area contributed by atoms with Gasteiger partial charge in [0.1, 0.15) is 5.75 Å². The van der Waals surface area contributed by atoms with Crippen molar-refractivity contribution in [2.45, 2.75) is 78.6 Å². The van der Waals surface area contributed by atoms with E-state index in [2.05, 4.69) is 34.6 Å². The summed E-state index contributed by atoms with van der Waals surface area (Å²) in [5.41, 5.74) is 4.87. The van der Waals surface area contributed by atoms with E-state index in [4.69, 9.17) is 0 Å². The van der Waals surface area contributed by atoms with Crippen LogP contribution >= 0.6 is 0 Å². The first-order valence-electron chi connectivity index (χ1n) is 9.04. The van der Waals surface area contributed by atoms with Gasteiger partial charge in [-0.3, -0.25) is 0 Å². The molecule has 3 rings (SSSR count). The predicted octanol–water partition coefficient (Wildman–Crippen LogP) is 5.89. The van der Waals surface area contributed by atoms with Crippen LogP contribution < -0.4 is 0 Å². The molecule has 22 heavy (non-hydrogen) atoms. The number of phenols is 1. The van der Waals surface area contributed by atoms with Gasteiger partial charge >= 0.3 is 0 Å². The zero-order valence-electron chi connectivity index (χ0n) is 15.0. The first kappa shape index (κ1) is 15.9. The van der Waals surface area contributed by atoms with Crippen LogP contribution in [0.25, 0.3) is 0 Å². The first-order chi connectivity index (χ1) is 10.2. The third kappa shape index (κ3) is 2.57. The third-order valence-corrected chi connectivity index (χ3v) is 6.81. The molecule has 3 atom stereocenters. The second-order valence-electron chi connectivity index (χ2n) is 9.01. The zero-order chi connectivity index (χ0) is 16.1. The number of hydrogen-bond acceptors (Lipinski definition) is 1.